The summed E-state index contributed by atoms with van der Waals surface area (Å²) in [6.45, 7) is 24.3. The van der Waals surface area contributed by atoms with Gasteiger partial charge in [0.15, 0.2) is 14.6 Å². The lowest BCUT2D eigenvalue weighted by Gasteiger charge is -2.40. The molecule has 12 heteroatoms. The average molecular weight is 842 g/mol. The predicted octanol–water partition coefficient (Wildman–Crippen LogP) is 10.7. The second-order valence-electron chi connectivity index (χ2n) is 16.7. The standard InChI is InChI=1S/C47H75NO10Si/c1-13-40(55-46(51)48-38-24-19-18-20-25-38)35(9)45-41(54-45)30-32(6)22-21-23-33(7)44-34(8)26-27-42(53-36(10)49)47(12,57-37(11)52-14-2)29-28-39(31-43(50)56-44)58-59(15-3,16-4)17-5/h18-27,32,34-35,37,39-42,44-45H,13-17,28-31H2,1-12H3,(H,48,51). The van der Waals surface area contributed by atoms with Crippen LogP contribution in [0.3, 0.4) is 0 Å². The Hall–Kier alpha value is -3.29. The van der Waals surface area contributed by atoms with Crippen LogP contribution in [-0.4, -0.2) is 81.5 Å². The number of hydrogen-bond acceptors (Lipinski definition) is 10. The number of hydrogen-bond donors (Lipinski definition) is 1. The summed E-state index contributed by atoms with van der Waals surface area (Å²) >= 11 is 0. The fourth-order valence-corrected chi connectivity index (χ4v) is 11.1. The van der Waals surface area contributed by atoms with Crippen LogP contribution in [0.1, 0.15) is 115 Å². The van der Waals surface area contributed by atoms with Crippen molar-refractivity contribution in [2.24, 2.45) is 17.8 Å². The van der Waals surface area contributed by atoms with Gasteiger partial charge >= 0.3 is 18.0 Å². The van der Waals surface area contributed by atoms with Crippen molar-refractivity contribution >= 4 is 32.0 Å². The predicted molar refractivity (Wildman–Crippen MR) is 235 cm³/mol. The minimum Gasteiger partial charge on any atom is -0.457 e. The highest BCUT2D eigenvalue weighted by molar-refractivity contribution is 6.73. The van der Waals surface area contributed by atoms with Crippen molar-refractivity contribution in [3.8, 4) is 0 Å². The Morgan fingerprint density at radius 1 is 1.02 bits per heavy atom. The van der Waals surface area contributed by atoms with Crippen LogP contribution in [0.25, 0.3) is 0 Å². The first kappa shape index (κ1) is 50.1. The van der Waals surface area contributed by atoms with E-state index in [1.54, 1.807) is 0 Å². The maximum Gasteiger partial charge on any atom is 0.411 e. The van der Waals surface area contributed by atoms with E-state index in [9.17, 15) is 14.4 Å². The fourth-order valence-electron chi connectivity index (χ4n) is 8.16. The molecule has 11 atom stereocenters. The first-order chi connectivity index (χ1) is 28.0. The summed E-state index contributed by atoms with van der Waals surface area (Å²) < 4.78 is 43.5. The van der Waals surface area contributed by atoms with Crippen LogP contribution in [0.15, 0.2) is 66.3 Å². The molecule has 332 valence electrons. The summed E-state index contributed by atoms with van der Waals surface area (Å²) in [4.78, 5) is 38.9. The number of para-hydroxylation sites is 1. The number of anilines is 1. The van der Waals surface area contributed by atoms with Gasteiger partial charge in [0.25, 0.3) is 0 Å². The molecule has 2 aliphatic rings. The van der Waals surface area contributed by atoms with Crippen LogP contribution in [0, 0.1) is 17.8 Å². The van der Waals surface area contributed by atoms with Gasteiger partial charge in [-0.25, -0.2) is 4.79 Å². The zero-order valence-corrected chi connectivity index (χ0v) is 39.0. The van der Waals surface area contributed by atoms with Crippen LogP contribution < -0.4 is 5.32 Å². The average Bonchev–Trinajstić information content (AvgIpc) is 3.96. The monoisotopic (exact) mass is 842 g/mol. The van der Waals surface area contributed by atoms with Crippen molar-refractivity contribution in [1.82, 2.24) is 0 Å². The second kappa shape index (κ2) is 24.2. The quantitative estimate of drug-likeness (QED) is 0.0257. The van der Waals surface area contributed by atoms with E-state index in [-0.39, 0.29) is 54.6 Å². The zero-order chi connectivity index (χ0) is 43.8. The molecule has 1 fully saturated rings. The summed E-state index contributed by atoms with van der Waals surface area (Å²) in [5, 5.41) is 2.80. The van der Waals surface area contributed by atoms with E-state index in [4.69, 9.17) is 32.8 Å². The molecule has 11 unspecified atom stereocenters. The Morgan fingerprint density at radius 3 is 2.31 bits per heavy atom. The molecular weight excluding hydrogens is 767 g/mol. The van der Waals surface area contributed by atoms with Gasteiger partial charge in [-0.05, 0) is 101 Å². The lowest BCUT2D eigenvalue weighted by atomic mass is 9.88. The van der Waals surface area contributed by atoms with E-state index in [1.165, 1.54) is 6.92 Å². The maximum atomic E-state index is 13.8. The molecule has 0 saturated carbocycles. The first-order valence-electron chi connectivity index (χ1n) is 22.1. The number of carbonyl (C=O) groups is 3. The van der Waals surface area contributed by atoms with Gasteiger partial charge in [-0.3, -0.25) is 14.9 Å². The molecule has 2 aliphatic heterocycles. The van der Waals surface area contributed by atoms with Gasteiger partial charge in [0, 0.05) is 31.1 Å². The van der Waals surface area contributed by atoms with Crippen molar-refractivity contribution in [3.63, 3.8) is 0 Å². The minimum absolute atomic E-state index is 0.0129. The Balaban J connectivity index is 1.78. The third-order valence-electron chi connectivity index (χ3n) is 12.0. The van der Waals surface area contributed by atoms with Crippen LogP contribution in [0.4, 0.5) is 10.5 Å². The molecule has 1 saturated heterocycles. The topological polar surface area (TPSA) is 131 Å². The number of rotatable bonds is 20. The van der Waals surface area contributed by atoms with Crippen molar-refractivity contribution in [2.45, 2.75) is 182 Å². The molecule has 1 N–H and O–H groups in total. The third-order valence-corrected chi connectivity index (χ3v) is 16.7. The smallest absolute Gasteiger partial charge is 0.411 e. The van der Waals surface area contributed by atoms with Gasteiger partial charge < -0.3 is 32.8 Å². The highest BCUT2D eigenvalue weighted by atomic mass is 28.4. The van der Waals surface area contributed by atoms with E-state index in [0.29, 0.717) is 31.6 Å². The molecule has 3 rings (SSSR count). The third kappa shape index (κ3) is 15.9. The fraction of sp³-hybridized carbons (Fsp3) is 0.681. The Morgan fingerprint density at radius 2 is 1.69 bits per heavy atom. The summed E-state index contributed by atoms with van der Waals surface area (Å²) in [5.74, 6) is -0.729. The lowest BCUT2D eigenvalue weighted by Crippen LogP contribution is -2.48. The number of cyclic esters (lactones) is 1. The summed E-state index contributed by atoms with van der Waals surface area (Å²) in [6.07, 6.45) is 9.71. The zero-order valence-electron chi connectivity index (χ0n) is 38.0. The minimum atomic E-state index is -2.11. The molecule has 0 aromatic heterocycles. The van der Waals surface area contributed by atoms with E-state index in [2.05, 4.69) is 46.0 Å². The molecule has 1 aromatic rings. The largest absolute Gasteiger partial charge is 0.457 e. The van der Waals surface area contributed by atoms with Gasteiger partial charge in [0.2, 0.25) is 0 Å². The van der Waals surface area contributed by atoms with E-state index in [0.717, 1.165) is 30.1 Å². The lowest BCUT2D eigenvalue weighted by molar-refractivity contribution is -0.227. The van der Waals surface area contributed by atoms with Gasteiger partial charge in [-0.2, -0.15) is 0 Å². The van der Waals surface area contributed by atoms with Gasteiger partial charge in [-0.1, -0.05) is 91.0 Å². The van der Waals surface area contributed by atoms with E-state index < -0.39 is 44.5 Å². The number of ether oxygens (including phenoxy) is 6. The second-order valence-corrected chi connectivity index (χ2v) is 21.4. The Bertz CT molecular complexity index is 1540. The molecule has 1 aromatic carbocycles. The molecule has 11 nitrogen and oxygen atoms in total. The van der Waals surface area contributed by atoms with Crippen molar-refractivity contribution < 1.29 is 47.2 Å². The maximum absolute atomic E-state index is 13.8. The number of nitrogens with one attached hydrogen (secondary N) is 1. The summed E-state index contributed by atoms with van der Waals surface area (Å²) in [7, 11) is -2.11. The number of amides is 1. The number of esters is 2. The SMILES string of the molecule is CCOC(C)OC1(C)CCC(O[Si](CC)(CC)CC)CC(=O)OC(C(C)=CC=CC(C)CC2OC2C(C)C(CC)OC(=O)Nc2ccccc2)C(C)C=CC1OC(C)=O. The molecule has 2 heterocycles. The molecule has 1 amide bonds. The molecule has 0 radical (unpaired) electrons. The van der Waals surface area contributed by atoms with Crippen molar-refractivity contribution in [3.05, 3.63) is 66.3 Å². The summed E-state index contributed by atoms with van der Waals surface area (Å²) in [5.41, 5.74) is 0.614. The van der Waals surface area contributed by atoms with Gasteiger partial charge in [-0.15, -0.1) is 0 Å². The number of epoxide rings is 1. The van der Waals surface area contributed by atoms with Crippen LogP contribution in [-0.2, 0) is 42.4 Å². The molecule has 0 aliphatic carbocycles. The normalized spacial score (nSPS) is 27.7. The van der Waals surface area contributed by atoms with Crippen LogP contribution >= 0.6 is 0 Å². The van der Waals surface area contributed by atoms with Crippen LogP contribution in [0.5, 0.6) is 0 Å². The highest BCUT2D eigenvalue weighted by Gasteiger charge is 2.46. The van der Waals surface area contributed by atoms with Gasteiger partial charge in [0.1, 0.15) is 23.9 Å². The van der Waals surface area contributed by atoms with Crippen LogP contribution in [0.2, 0.25) is 18.1 Å². The van der Waals surface area contributed by atoms with E-state index in [1.807, 2.05) is 96.2 Å². The molecule has 59 heavy (non-hydrogen) atoms. The van der Waals surface area contributed by atoms with Crippen molar-refractivity contribution in [2.75, 3.05) is 11.9 Å². The first-order valence-corrected chi connectivity index (χ1v) is 24.6. The Labute approximate surface area is 356 Å². The number of benzene rings is 1. The number of allylic oxidation sites excluding steroid dienone is 3. The number of carbonyl (C=O) groups excluding carboxylic acids is 3. The van der Waals surface area contributed by atoms with Crippen molar-refractivity contribution in [1.29, 1.82) is 0 Å². The molecule has 0 spiro atoms. The Kier molecular flexibility index (Phi) is 20.6. The van der Waals surface area contributed by atoms with E-state index >= 15 is 0 Å². The highest BCUT2D eigenvalue weighted by Crippen LogP contribution is 2.38. The molecular formula is C47H75NO10Si. The van der Waals surface area contributed by atoms with Gasteiger partial charge in [0.05, 0.1) is 24.7 Å². The summed E-state index contributed by atoms with van der Waals surface area (Å²) in [6, 6.07) is 12.1. The molecule has 0 bridgehead atoms.